The largest absolute Gasteiger partial charge is 0.496 e. The van der Waals surface area contributed by atoms with Gasteiger partial charge >= 0.3 is 0 Å². The van der Waals surface area contributed by atoms with Gasteiger partial charge in [-0.1, -0.05) is 6.07 Å². The third kappa shape index (κ3) is 3.51. The quantitative estimate of drug-likeness (QED) is 0.784. The average molecular weight is 280 g/mol. The third-order valence-electron chi connectivity index (χ3n) is 2.50. The molecule has 0 saturated carbocycles. The molecule has 2 rings (SSSR count). The number of halogens is 1. The Kier molecular flexibility index (Phi) is 4.47. The molecule has 0 N–H and O–H groups in total. The van der Waals surface area contributed by atoms with Gasteiger partial charge in [0.15, 0.2) is 0 Å². The van der Waals surface area contributed by atoms with Crippen molar-refractivity contribution in [1.29, 1.82) is 0 Å². The van der Waals surface area contributed by atoms with Crippen LogP contribution in [0, 0.1) is 0 Å². The zero-order valence-corrected chi connectivity index (χ0v) is 11.5. The molecule has 0 aliphatic carbocycles. The van der Waals surface area contributed by atoms with E-state index in [-0.39, 0.29) is 0 Å². The summed E-state index contributed by atoms with van der Waals surface area (Å²) in [5.74, 6) is 2.84. The van der Waals surface area contributed by atoms with Crippen LogP contribution >= 0.6 is 11.6 Å². The van der Waals surface area contributed by atoms with Crippen LogP contribution in [-0.2, 0) is 5.88 Å². The lowest BCUT2D eigenvalue weighted by molar-refractivity contribution is 0.385. The number of aromatic nitrogens is 1. The summed E-state index contributed by atoms with van der Waals surface area (Å²) in [6.45, 7) is 0. The highest BCUT2D eigenvalue weighted by molar-refractivity contribution is 6.17. The molecule has 0 aliphatic heterocycles. The molecule has 1 aromatic carbocycles. The number of ether oxygens (including phenoxy) is 3. The molecule has 0 unspecified atom stereocenters. The van der Waals surface area contributed by atoms with E-state index in [1.165, 1.54) is 0 Å². The summed E-state index contributed by atoms with van der Waals surface area (Å²) in [5, 5.41) is 0. The number of benzene rings is 1. The minimum absolute atomic E-state index is 0.431. The Balaban J connectivity index is 2.21. The van der Waals surface area contributed by atoms with Crippen LogP contribution in [0.4, 0.5) is 0 Å². The monoisotopic (exact) mass is 279 g/mol. The van der Waals surface area contributed by atoms with E-state index in [9.17, 15) is 0 Å². The predicted molar refractivity (Wildman–Crippen MR) is 73.4 cm³/mol. The molecule has 1 heterocycles. The van der Waals surface area contributed by atoms with E-state index in [0.29, 0.717) is 29.0 Å². The Morgan fingerprint density at radius 1 is 1.00 bits per heavy atom. The molecule has 2 aromatic rings. The standard InChI is InChI=1S/C14H14ClNO3/c1-17-11-5-12(18-2)7-13(6-11)19-14-4-3-10(8-15)9-16-14/h3-7,9H,8H2,1-2H3. The normalized spacial score (nSPS) is 10.1. The van der Waals surface area contributed by atoms with Gasteiger partial charge in [0, 0.05) is 36.3 Å². The van der Waals surface area contributed by atoms with Gasteiger partial charge < -0.3 is 14.2 Å². The van der Waals surface area contributed by atoms with Gasteiger partial charge in [-0.15, -0.1) is 11.6 Å². The molecular weight excluding hydrogens is 266 g/mol. The Hall–Kier alpha value is -1.94. The molecule has 100 valence electrons. The number of methoxy groups -OCH3 is 2. The molecule has 5 heteroatoms. The maximum Gasteiger partial charge on any atom is 0.219 e. The highest BCUT2D eigenvalue weighted by atomic mass is 35.5. The van der Waals surface area contributed by atoms with Crippen molar-refractivity contribution in [3.63, 3.8) is 0 Å². The van der Waals surface area contributed by atoms with E-state index >= 15 is 0 Å². The van der Waals surface area contributed by atoms with Gasteiger partial charge in [0.2, 0.25) is 5.88 Å². The molecule has 19 heavy (non-hydrogen) atoms. The van der Waals surface area contributed by atoms with Gasteiger partial charge in [-0.25, -0.2) is 4.98 Å². The second-order valence-corrected chi connectivity index (χ2v) is 4.06. The van der Waals surface area contributed by atoms with Crippen molar-refractivity contribution in [2.24, 2.45) is 0 Å². The number of hydrogen-bond acceptors (Lipinski definition) is 4. The van der Waals surface area contributed by atoms with Crippen molar-refractivity contribution in [1.82, 2.24) is 4.98 Å². The van der Waals surface area contributed by atoms with Gasteiger partial charge in [-0.2, -0.15) is 0 Å². The summed E-state index contributed by atoms with van der Waals surface area (Å²) in [4.78, 5) is 4.17. The molecule has 0 amide bonds. The second kappa shape index (κ2) is 6.29. The first kappa shape index (κ1) is 13.5. The lowest BCUT2D eigenvalue weighted by Gasteiger charge is -2.09. The molecule has 0 bridgehead atoms. The number of hydrogen-bond donors (Lipinski definition) is 0. The predicted octanol–water partition coefficient (Wildman–Crippen LogP) is 3.63. The van der Waals surface area contributed by atoms with Crippen molar-refractivity contribution >= 4 is 11.6 Å². The van der Waals surface area contributed by atoms with Gasteiger partial charge in [0.25, 0.3) is 0 Å². The number of rotatable bonds is 5. The first-order valence-electron chi connectivity index (χ1n) is 5.67. The van der Waals surface area contributed by atoms with Crippen LogP contribution in [0.15, 0.2) is 36.5 Å². The van der Waals surface area contributed by atoms with Crippen LogP contribution in [0.3, 0.4) is 0 Å². The third-order valence-corrected chi connectivity index (χ3v) is 2.81. The first-order valence-corrected chi connectivity index (χ1v) is 6.20. The molecule has 1 aromatic heterocycles. The molecule has 0 aliphatic rings. The van der Waals surface area contributed by atoms with E-state index in [2.05, 4.69) is 4.98 Å². The number of pyridine rings is 1. The molecule has 4 nitrogen and oxygen atoms in total. The van der Waals surface area contributed by atoms with E-state index in [4.69, 9.17) is 25.8 Å². The Morgan fingerprint density at radius 3 is 2.11 bits per heavy atom. The molecule has 0 atom stereocenters. The van der Waals surface area contributed by atoms with Crippen LogP contribution in [0.2, 0.25) is 0 Å². The Labute approximate surface area is 116 Å². The van der Waals surface area contributed by atoms with E-state index in [1.807, 2.05) is 6.07 Å². The fourth-order valence-corrected chi connectivity index (χ4v) is 1.67. The first-order chi connectivity index (χ1) is 9.25. The van der Waals surface area contributed by atoms with E-state index < -0.39 is 0 Å². The molecule has 0 fully saturated rings. The van der Waals surface area contributed by atoms with E-state index in [0.717, 1.165) is 5.56 Å². The van der Waals surface area contributed by atoms with Gasteiger partial charge in [-0.3, -0.25) is 0 Å². The number of alkyl halides is 1. The zero-order valence-electron chi connectivity index (χ0n) is 10.7. The SMILES string of the molecule is COc1cc(OC)cc(Oc2ccc(CCl)cn2)c1. The maximum atomic E-state index is 5.70. The van der Waals surface area contributed by atoms with Gasteiger partial charge in [0.05, 0.1) is 14.2 Å². The number of nitrogens with zero attached hydrogens (tertiary/aromatic N) is 1. The molecular formula is C14H14ClNO3. The highest BCUT2D eigenvalue weighted by Crippen LogP contribution is 2.30. The van der Waals surface area contributed by atoms with Gasteiger partial charge in [-0.05, 0) is 5.56 Å². The lowest BCUT2D eigenvalue weighted by atomic mass is 10.3. The van der Waals surface area contributed by atoms with Crippen molar-refractivity contribution in [2.75, 3.05) is 14.2 Å². The summed E-state index contributed by atoms with van der Waals surface area (Å²) in [5.41, 5.74) is 0.942. The van der Waals surface area contributed by atoms with Crippen LogP contribution in [0.25, 0.3) is 0 Å². The Morgan fingerprint density at radius 2 is 1.63 bits per heavy atom. The average Bonchev–Trinajstić information content (AvgIpc) is 2.47. The minimum Gasteiger partial charge on any atom is -0.496 e. The fourth-order valence-electron chi connectivity index (χ4n) is 1.51. The van der Waals surface area contributed by atoms with E-state index in [1.54, 1.807) is 44.7 Å². The summed E-state index contributed by atoms with van der Waals surface area (Å²) in [6.07, 6.45) is 1.68. The maximum absolute atomic E-state index is 5.70. The molecule has 0 spiro atoms. The zero-order chi connectivity index (χ0) is 13.7. The summed E-state index contributed by atoms with van der Waals surface area (Å²) in [6, 6.07) is 8.94. The Bertz CT molecular complexity index is 521. The van der Waals surface area contributed by atoms with Crippen molar-refractivity contribution < 1.29 is 14.2 Å². The van der Waals surface area contributed by atoms with Crippen molar-refractivity contribution in [3.8, 4) is 23.1 Å². The second-order valence-electron chi connectivity index (χ2n) is 3.79. The van der Waals surface area contributed by atoms with Crippen LogP contribution in [-0.4, -0.2) is 19.2 Å². The van der Waals surface area contributed by atoms with Crippen molar-refractivity contribution in [3.05, 3.63) is 42.1 Å². The summed E-state index contributed by atoms with van der Waals surface area (Å²) < 4.78 is 16.0. The van der Waals surface area contributed by atoms with Gasteiger partial charge in [0.1, 0.15) is 17.2 Å². The van der Waals surface area contributed by atoms with Crippen molar-refractivity contribution in [2.45, 2.75) is 5.88 Å². The molecule has 0 radical (unpaired) electrons. The van der Waals surface area contributed by atoms with Crippen LogP contribution in [0.1, 0.15) is 5.56 Å². The fraction of sp³-hybridized carbons (Fsp3) is 0.214. The summed E-state index contributed by atoms with van der Waals surface area (Å²) >= 11 is 5.70. The highest BCUT2D eigenvalue weighted by Gasteiger charge is 2.05. The topological polar surface area (TPSA) is 40.6 Å². The summed E-state index contributed by atoms with van der Waals surface area (Å²) in [7, 11) is 3.18. The minimum atomic E-state index is 0.431. The smallest absolute Gasteiger partial charge is 0.219 e. The lowest BCUT2D eigenvalue weighted by Crippen LogP contribution is -1.92. The van der Waals surface area contributed by atoms with Crippen LogP contribution < -0.4 is 14.2 Å². The van der Waals surface area contributed by atoms with Crippen LogP contribution in [0.5, 0.6) is 23.1 Å². The molecule has 0 saturated heterocycles.